The summed E-state index contributed by atoms with van der Waals surface area (Å²) in [6.45, 7) is 7.41. The number of methoxy groups -OCH3 is 2. The number of carbonyl (C=O) groups is 1. The smallest absolute Gasteiger partial charge is 0.429 e. The Morgan fingerprint density at radius 3 is 2.57 bits per heavy atom. The van der Waals surface area contributed by atoms with Gasteiger partial charge in [-0.1, -0.05) is 0 Å². The van der Waals surface area contributed by atoms with Crippen LogP contribution in [0, 0.1) is 5.92 Å². The number of ether oxygens (including phenoxy) is 5. The molecule has 6 nitrogen and oxygen atoms in total. The Morgan fingerprint density at radius 1 is 1.30 bits per heavy atom. The molecule has 0 aromatic heterocycles. The molecule has 2 rings (SSSR count). The van der Waals surface area contributed by atoms with E-state index in [1.807, 2.05) is 6.92 Å². The van der Waals surface area contributed by atoms with Crippen molar-refractivity contribution in [3.63, 3.8) is 0 Å². The van der Waals surface area contributed by atoms with Gasteiger partial charge in [-0.3, -0.25) is 0 Å². The van der Waals surface area contributed by atoms with Gasteiger partial charge in [0, 0.05) is 20.1 Å². The van der Waals surface area contributed by atoms with Gasteiger partial charge in [-0.25, -0.2) is 4.79 Å². The molecule has 0 saturated carbocycles. The number of carbonyl (C=O) groups excluding carboxylic acids is 1. The summed E-state index contributed by atoms with van der Waals surface area (Å²) in [6, 6.07) is 0. The van der Waals surface area contributed by atoms with Gasteiger partial charge >= 0.3 is 6.16 Å². The van der Waals surface area contributed by atoms with Crippen LogP contribution in [0.2, 0.25) is 0 Å². The van der Waals surface area contributed by atoms with Crippen LogP contribution in [0.1, 0.15) is 47.0 Å². The van der Waals surface area contributed by atoms with Crippen molar-refractivity contribution < 1.29 is 28.5 Å². The molecule has 0 fully saturated rings. The van der Waals surface area contributed by atoms with Crippen molar-refractivity contribution in [2.75, 3.05) is 14.2 Å². The lowest BCUT2D eigenvalue weighted by Gasteiger charge is -2.32. The minimum Gasteiger partial charge on any atom is -0.429 e. The Kier molecular flexibility index (Phi) is 5.70. The molecule has 132 valence electrons. The second-order valence-electron chi connectivity index (χ2n) is 7.01. The van der Waals surface area contributed by atoms with Gasteiger partial charge in [0.2, 0.25) is 6.29 Å². The maximum atomic E-state index is 12.0. The average molecular weight is 328 g/mol. The third-order valence-corrected chi connectivity index (χ3v) is 4.18. The van der Waals surface area contributed by atoms with Gasteiger partial charge in [0.1, 0.15) is 5.60 Å². The van der Waals surface area contributed by atoms with Crippen LogP contribution < -0.4 is 0 Å². The van der Waals surface area contributed by atoms with E-state index < -0.39 is 24.3 Å². The van der Waals surface area contributed by atoms with Crippen molar-refractivity contribution in [3.05, 3.63) is 11.1 Å². The van der Waals surface area contributed by atoms with Crippen LogP contribution in [0.4, 0.5) is 4.79 Å². The highest BCUT2D eigenvalue weighted by molar-refractivity contribution is 5.60. The molecule has 1 aliphatic heterocycles. The lowest BCUT2D eigenvalue weighted by atomic mass is 9.81. The summed E-state index contributed by atoms with van der Waals surface area (Å²) in [5.74, 6) is -0.0776. The molecule has 0 spiro atoms. The molecule has 0 aromatic rings. The second-order valence-corrected chi connectivity index (χ2v) is 7.01. The van der Waals surface area contributed by atoms with E-state index >= 15 is 0 Å². The van der Waals surface area contributed by atoms with Gasteiger partial charge in [-0.15, -0.1) is 0 Å². The summed E-state index contributed by atoms with van der Waals surface area (Å²) in [7, 11) is 3.15. The summed E-state index contributed by atoms with van der Waals surface area (Å²) < 4.78 is 27.4. The SMILES string of the molecule is COC(OC(=O)OC(C)(C)C)[C@H]1CCCC2=C1[C@H](OC)O[C@@H]2C. The van der Waals surface area contributed by atoms with Gasteiger partial charge < -0.3 is 23.7 Å². The van der Waals surface area contributed by atoms with E-state index in [1.165, 1.54) is 12.7 Å². The fraction of sp³-hybridized carbons (Fsp3) is 0.824. The molecule has 1 aliphatic carbocycles. The van der Waals surface area contributed by atoms with E-state index in [1.54, 1.807) is 27.9 Å². The standard InChI is InChI=1S/C17H28O6/c1-10-11-8-7-9-12(13(11)15(20-6)21-10)14(19-5)22-16(18)23-17(2,3)4/h10,12,14-15H,7-9H2,1-6H3/t10-,12+,14?,15-/m1/s1. The number of hydrogen-bond donors (Lipinski definition) is 0. The lowest BCUT2D eigenvalue weighted by molar-refractivity contribution is -0.152. The summed E-state index contributed by atoms with van der Waals surface area (Å²) in [6.07, 6.45) is 1.04. The fourth-order valence-corrected chi connectivity index (χ4v) is 3.28. The van der Waals surface area contributed by atoms with E-state index in [0.29, 0.717) is 0 Å². The molecule has 0 saturated heterocycles. The van der Waals surface area contributed by atoms with Gasteiger partial charge in [-0.2, -0.15) is 0 Å². The van der Waals surface area contributed by atoms with E-state index in [2.05, 4.69) is 0 Å². The van der Waals surface area contributed by atoms with Gasteiger partial charge in [0.25, 0.3) is 0 Å². The summed E-state index contributed by atoms with van der Waals surface area (Å²) in [4.78, 5) is 12.0. The van der Waals surface area contributed by atoms with Gasteiger partial charge in [0.05, 0.1) is 6.10 Å². The maximum absolute atomic E-state index is 12.0. The molecule has 0 amide bonds. The van der Waals surface area contributed by atoms with E-state index in [0.717, 1.165) is 24.8 Å². The molecular formula is C17H28O6. The third-order valence-electron chi connectivity index (χ3n) is 4.18. The van der Waals surface area contributed by atoms with Crippen LogP contribution in [0.25, 0.3) is 0 Å². The number of hydrogen-bond acceptors (Lipinski definition) is 6. The summed E-state index contributed by atoms with van der Waals surface area (Å²) in [5.41, 5.74) is 1.69. The zero-order valence-corrected chi connectivity index (χ0v) is 14.9. The Morgan fingerprint density at radius 2 is 2.00 bits per heavy atom. The summed E-state index contributed by atoms with van der Waals surface area (Å²) in [5, 5.41) is 0. The molecule has 0 radical (unpaired) electrons. The highest BCUT2D eigenvalue weighted by Gasteiger charge is 2.43. The van der Waals surface area contributed by atoms with E-state index in [4.69, 9.17) is 23.7 Å². The predicted molar refractivity (Wildman–Crippen MR) is 83.8 cm³/mol. The van der Waals surface area contributed by atoms with Crippen LogP contribution >= 0.6 is 0 Å². The zero-order valence-electron chi connectivity index (χ0n) is 14.9. The van der Waals surface area contributed by atoms with Crippen LogP contribution in [-0.4, -0.2) is 44.7 Å². The molecular weight excluding hydrogens is 300 g/mol. The van der Waals surface area contributed by atoms with Crippen molar-refractivity contribution in [1.82, 2.24) is 0 Å². The molecule has 23 heavy (non-hydrogen) atoms. The second kappa shape index (κ2) is 7.20. The van der Waals surface area contributed by atoms with Crippen LogP contribution in [0.5, 0.6) is 0 Å². The zero-order chi connectivity index (χ0) is 17.2. The van der Waals surface area contributed by atoms with E-state index in [-0.39, 0.29) is 12.0 Å². The molecule has 1 unspecified atom stereocenters. The van der Waals surface area contributed by atoms with Gasteiger partial charge in [0.15, 0.2) is 6.29 Å². The molecule has 2 aliphatic rings. The van der Waals surface area contributed by atoms with Crippen LogP contribution in [0.3, 0.4) is 0 Å². The third kappa shape index (κ3) is 4.25. The largest absolute Gasteiger partial charge is 0.511 e. The van der Waals surface area contributed by atoms with Crippen LogP contribution in [0.15, 0.2) is 11.1 Å². The molecule has 0 aromatic carbocycles. The van der Waals surface area contributed by atoms with Crippen molar-refractivity contribution in [1.29, 1.82) is 0 Å². The molecule has 0 bridgehead atoms. The first-order chi connectivity index (χ1) is 10.8. The minimum absolute atomic E-state index is 0.0248. The maximum Gasteiger partial charge on any atom is 0.511 e. The molecule has 1 heterocycles. The molecule has 6 heteroatoms. The quantitative estimate of drug-likeness (QED) is 0.448. The predicted octanol–water partition coefficient (Wildman–Crippen LogP) is 3.40. The highest BCUT2D eigenvalue weighted by Crippen LogP contribution is 2.43. The Hall–Kier alpha value is -1.11. The number of rotatable bonds is 4. The average Bonchev–Trinajstić information content (AvgIpc) is 2.80. The normalized spacial score (nSPS) is 29.2. The first-order valence-electron chi connectivity index (χ1n) is 8.10. The first-order valence-corrected chi connectivity index (χ1v) is 8.10. The molecule has 0 N–H and O–H groups in total. The topological polar surface area (TPSA) is 63.2 Å². The fourth-order valence-electron chi connectivity index (χ4n) is 3.28. The summed E-state index contributed by atoms with van der Waals surface area (Å²) >= 11 is 0. The minimum atomic E-state index is -0.724. The Labute approximate surface area is 138 Å². The molecule has 4 atom stereocenters. The van der Waals surface area contributed by atoms with Gasteiger partial charge in [-0.05, 0) is 58.1 Å². The van der Waals surface area contributed by atoms with Crippen molar-refractivity contribution in [2.45, 2.75) is 71.2 Å². The van der Waals surface area contributed by atoms with Crippen molar-refractivity contribution in [3.8, 4) is 0 Å². The monoisotopic (exact) mass is 328 g/mol. The Bertz CT molecular complexity index is 464. The first kappa shape index (κ1) is 18.2. The lowest BCUT2D eigenvalue weighted by Crippen LogP contribution is -2.36. The van der Waals surface area contributed by atoms with Crippen molar-refractivity contribution in [2.24, 2.45) is 5.92 Å². The van der Waals surface area contributed by atoms with Crippen molar-refractivity contribution >= 4 is 6.16 Å². The van der Waals surface area contributed by atoms with E-state index in [9.17, 15) is 4.79 Å². The highest BCUT2D eigenvalue weighted by atomic mass is 16.8. The van der Waals surface area contributed by atoms with Crippen LogP contribution in [-0.2, 0) is 23.7 Å². The Balaban J connectivity index is 2.15.